The van der Waals surface area contributed by atoms with Crippen LogP contribution in [0.3, 0.4) is 0 Å². The van der Waals surface area contributed by atoms with Crippen molar-refractivity contribution in [1.82, 2.24) is 9.36 Å². The zero-order valence-corrected chi connectivity index (χ0v) is 8.90. The van der Waals surface area contributed by atoms with E-state index < -0.39 is 0 Å². The summed E-state index contributed by atoms with van der Waals surface area (Å²) >= 11 is 1.47. The Hall–Kier alpha value is -0.480. The molecule has 0 amide bonds. The van der Waals surface area contributed by atoms with E-state index in [9.17, 15) is 0 Å². The molecule has 1 aliphatic carbocycles. The summed E-state index contributed by atoms with van der Waals surface area (Å²) in [6.07, 6.45) is 3.37. The van der Waals surface area contributed by atoms with Crippen LogP contribution in [0.25, 0.3) is 0 Å². The lowest BCUT2D eigenvalue weighted by Crippen LogP contribution is -2.43. The highest BCUT2D eigenvalue weighted by Crippen LogP contribution is 2.39. The molecule has 1 heterocycles. The van der Waals surface area contributed by atoms with E-state index in [0.29, 0.717) is 5.92 Å². The van der Waals surface area contributed by atoms with E-state index >= 15 is 0 Å². The van der Waals surface area contributed by atoms with Crippen molar-refractivity contribution in [3.05, 3.63) is 10.8 Å². The second kappa shape index (κ2) is 3.03. The Morgan fingerprint density at radius 1 is 1.46 bits per heavy atom. The molecule has 1 fully saturated rings. The van der Waals surface area contributed by atoms with Crippen LogP contribution in [0.1, 0.15) is 49.9 Å². The van der Waals surface area contributed by atoms with Crippen LogP contribution in [0.15, 0.2) is 0 Å². The first-order valence-electron chi connectivity index (χ1n) is 4.75. The molecule has 1 aromatic heterocycles. The molecule has 1 saturated carbocycles. The topological polar surface area (TPSA) is 51.8 Å². The first-order valence-corrected chi connectivity index (χ1v) is 5.52. The fourth-order valence-corrected chi connectivity index (χ4v) is 2.40. The van der Waals surface area contributed by atoms with Crippen LogP contribution in [0.4, 0.5) is 0 Å². The van der Waals surface area contributed by atoms with Crippen molar-refractivity contribution in [3.63, 3.8) is 0 Å². The van der Waals surface area contributed by atoms with Crippen molar-refractivity contribution in [3.8, 4) is 0 Å². The molecule has 0 unspecified atom stereocenters. The third-order valence-corrected chi connectivity index (χ3v) is 3.58. The third-order valence-electron chi connectivity index (χ3n) is 2.63. The lowest BCUT2D eigenvalue weighted by Gasteiger charge is -2.35. The van der Waals surface area contributed by atoms with Gasteiger partial charge in [-0.25, -0.2) is 4.98 Å². The van der Waals surface area contributed by atoms with Crippen LogP contribution >= 0.6 is 11.5 Å². The zero-order chi connectivity index (χ0) is 9.47. The van der Waals surface area contributed by atoms with Gasteiger partial charge in [0.05, 0.1) is 5.54 Å². The minimum Gasteiger partial charge on any atom is -0.319 e. The molecular weight excluding hydrogens is 182 g/mol. The fourth-order valence-electron chi connectivity index (χ4n) is 1.44. The maximum Gasteiger partial charge on any atom is 0.145 e. The molecule has 0 bridgehead atoms. The summed E-state index contributed by atoms with van der Waals surface area (Å²) in [6.45, 7) is 4.21. The normalized spacial score (nSPS) is 20.3. The van der Waals surface area contributed by atoms with Crippen molar-refractivity contribution >= 4 is 11.5 Å². The lowest BCUT2D eigenvalue weighted by molar-refractivity contribution is 0.252. The average Bonchev–Trinajstić information content (AvgIpc) is 2.48. The first-order chi connectivity index (χ1) is 6.12. The van der Waals surface area contributed by atoms with Crippen LogP contribution in [0.2, 0.25) is 0 Å². The number of hydrogen-bond acceptors (Lipinski definition) is 4. The van der Waals surface area contributed by atoms with Gasteiger partial charge in [-0.05, 0) is 30.8 Å². The Kier molecular flexibility index (Phi) is 2.12. The van der Waals surface area contributed by atoms with Crippen LogP contribution in [0.5, 0.6) is 0 Å². The molecule has 13 heavy (non-hydrogen) atoms. The van der Waals surface area contributed by atoms with Gasteiger partial charge in [0.2, 0.25) is 0 Å². The first kappa shape index (κ1) is 9.09. The van der Waals surface area contributed by atoms with Crippen LogP contribution in [-0.2, 0) is 5.54 Å². The van der Waals surface area contributed by atoms with Crippen LogP contribution < -0.4 is 5.73 Å². The molecular formula is C9H15N3S. The van der Waals surface area contributed by atoms with E-state index in [4.69, 9.17) is 5.73 Å². The summed E-state index contributed by atoms with van der Waals surface area (Å²) in [5.74, 6) is 1.35. The summed E-state index contributed by atoms with van der Waals surface area (Å²) in [6, 6.07) is 0. The molecule has 0 saturated heterocycles. The lowest BCUT2D eigenvalue weighted by atomic mass is 9.78. The molecule has 0 radical (unpaired) electrons. The molecule has 72 valence electrons. The van der Waals surface area contributed by atoms with Gasteiger partial charge in [0.15, 0.2) is 0 Å². The summed E-state index contributed by atoms with van der Waals surface area (Å²) in [5, 5.41) is 1.03. The summed E-state index contributed by atoms with van der Waals surface area (Å²) in [4.78, 5) is 4.49. The summed E-state index contributed by atoms with van der Waals surface area (Å²) < 4.78 is 4.31. The van der Waals surface area contributed by atoms with Gasteiger partial charge < -0.3 is 5.73 Å². The number of nitrogens with zero attached hydrogens (tertiary/aromatic N) is 2. The highest BCUT2D eigenvalue weighted by atomic mass is 32.1. The minimum absolute atomic E-state index is 0.134. The molecule has 3 nitrogen and oxygen atoms in total. The number of hydrogen-bond donors (Lipinski definition) is 1. The Bertz CT molecular complexity index is 302. The van der Waals surface area contributed by atoms with Gasteiger partial charge in [0, 0.05) is 5.92 Å². The van der Waals surface area contributed by atoms with Crippen LogP contribution in [0, 0.1) is 0 Å². The van der Waals surface area contributed by atoms with Crippen molar-refractivity contribution < 1.29 is 0 Å². The molecule has 0 aliphatic heterocycles. The van der Waals surface area contributed by atoms with E-state index in [1.54, 1.807) is 0 Å². The van der Waals surface area contributed by atoms with E-state index in [1.165, 1.54) is 18.0 Å². The monoisotopic (exact) mass is 197 g/mol. The Morgan fingerprint density at radius 2 is 2.15 bits per heavy atom. The predicted octanol–water partition coefficient (Wildman–Crippen LogP) is 2.00. The van der Waals surface area contributed by atoms with Gasteiger partial charge in [0.1, 0.15) is 10.8 Å². The quantitative estimate of drug-likeness (QED) is 0.789. The summed E-state index contributed by atoms with van der Waals surface area (Å²) in [7, 11) is 0. The number of rotatable bonds is 2. The average molecular weight is 197 g/mol. The van der Waals surface area contributed by atoms with E-state index in [2.05, 4.69) is 23.2 Å². The minimum atomic E-state index is -0.134. The molecule has 0 atom stereocenters. The summed E-state index contributed by atoms with van der Waals surface area (Å²) in [5.41, 5.74) is 6.01. The SMILES string of the molecule is CC(C)c1nsc(C2(N)CCC2)n1. The maximum atomic E-state index is 6.15. The molecule has 1 aliphatic rings. The van der Waals surface area contributed by atoms with Crippen molar-refractivity contribution in [2.24, 2.45) is 5.73 Å². The molecule has 0 spiro atoms. The van der Waals surface area contributed by atoms with Crippen molar-refractivity contribution in [1.29, 1.82) is 0 Å². The van der Waals surface area contributed by atoms with Gasteiger partial charge in [-0.1, -0.05) is 13.8 Å². The second-order valence-corrected chi connectivity index (χ2v) is 4.87. The molecule has 4 heteroatoms. The van der Waals surface area contributed by atoms with E-state index in [0.717, 1.165) is 23.7 Å². The number of aromatic nitrogens is 2. The van der Waals surface area contributed by atoms with Crippen LogP contribution in [-0.4, -0.2) is 9.36 Å². The highest BCUT2D eigenvalue weighted by Gasteiger charge is 2.37. The van der Waals surface area contributed by atoms with Crippen molar-refractivity contribution in [2.75, 3.05) is 0 Å². The second-order valence-electron chi connectivity index (χ2n) is 4.12. The van der Waals surface area contributed by atoms with Gasteiger partial charge >= 0.3 is 0 Å². The Morgan fingerprint density at radius 3 is 2.54 bits per heavy atom. The highest BCUT2D eigenvalue weighted by molar-refractivity contribution is 7.05. The molecule has 1 aromatic rings. The molecule has 2 N–H and O–H groups in total. The number of nitrogens with two attached hydrogens (primary N) is 1. The van der Waals surface area contributed by atoms with Gasteiger partial charge in [0.25, 0.3) is 0 Å². The fraction of sp³-hybridized carbons (Fsp3) is 0.778. The molecule has 0 aromatic carbocycles. The van der Waals surface area contributed by atoms with Gasteiger partial charge in [-0.2, -0.15) is 4.37 Å². The Labute approximate surface area is 82.5 Å². The third kappa shape index (κ3) is 1.48. The standard InChI is InChI=1S/C9H15N3S/c1-6(2)7-11-8(13-12-7)9(10)4-3-5-9/h6H,3-5,10H2,1-2H3. The van der Waals surface area contributed by atoms with Gasteiger partial charge in [-0.15, -0.1) is 0 Å². The molecule has 2 rings (SSSR count). The largest absolute Gasteiger partial charge is 0.319 e. The maximum absolute atomic E-state index is 6.15. The van der Waals surface area contributed by atoms with E-state index in [1.807, 2.05) is 0 Å². The predicted molar refractivity (Wildman–Crippen MR) is 53.7 cm³/mol. The van der Waals surface area contributed by atoms with Gasteiger partial charge in [-0.3, -0.25) is 0 Å². The van der Waals surface area contributed by atoms with E-state index in [-0.39, 0.29) is 5.54 Å². The van der Waals surface area contributed by atoms with Crippen molar-refractivity contribution in [2.45, 2.75) is 44.6 Å². The smallest absolute Gasteiger partial charge is 0.145 e. The Balaban J connectivity index is 2.22. The zero-order valence-electron chi connectivity index (χ0n) is 8.08.